The molecule has 0 atom stereocenters. The van der Waals surface area contributed by atoms with E-state index in [9.17, 15) is 17.3 Å². The molecule has 0 spiro atoms. The van der Waals surface area contributed by atoms with Crippen LogP contribution in [0.1, 0.15) is 0 Å². The molecule has 0 saturated heterocycles. The fourth-order valence-electron chi connectivity index (χ4n) is 0. The van der Waals surface area contributed by atoms with Crippen molar-refractivity contribution in [3.63, 3.8) is 0 Å². The van der Waals surface area contributed by atoms with E-state index in [1.165, 1.54) is 0 Å². The van der Waals surface area contributed by atoms with Crippen LogP contribution in [-0.2, 0) is 0 Å². The fourth-order valence-corrected chi connectivity index (χ4v) is 0. The van der Waals surface area contributed by atoms with Gasteiger partial charge in [0, 0.05) is 56.9 Å². The van der Waals surface area contributed by atoms with Crippen molar-refractivity contribution < 1.29 is 98.3 Å². The normalized spacial score (nSPS) is 4.88. The molecule has 0 aliphatic carbocycles. The molecule has 0 unspecified atom stereocenters. The van der Waals surface area contributed by atoms with Crippen LogP contribution < -0.4 is 0 Å². The molecule has 0 aromatic heterocycles. The molecule has 0 aromatic rings. The molecular weight excluding hydrogens is 471 g/mol. The summed E-state index contributed by atoms with van der Waals surface area (Å²) in [6.45, 7) is 0. The van der Waals surface area contributed by atoms with Crippen LogP contribution in [0.25, 0.3) is 0 Å². The van der Waals surface area contributed by atoms with Crippen molar-refractivity contribution >= 4 is 29.6 Å². The van der Waals surface area contributed by atoms with E-state index in [0.717, 1.165) is 56.9 Å². The van der Waals surface area contributed by atoms with Crippen molar-refractivity contribution in [3.8, 4) is 0 Å². The molecule has 0 aromatic carbocycles. The van der Waals surface area contributed by atoms with Crippen LogP contribution in [0.5, 0.6) is 0 Å². The maximum Gasteiger partial charge on any atom is 0.674 e. The molecule has 0 heterocycles. The van der Waals surface area contributed by atoms with Crippen LogP contribution in [0.4, 0.5) is 17.3 Å². The molecule has 0 amide bonds. The van der Waals surface area contributed by atoms with Gasteiger partial charge in [0.1, 0.15) is 0 Å². The van der Waals surface area contributed by atoms with Gasteiger partial charge in [0.05, 0.1) is 0 Å². The van der Waals surface area contributed by atoms with Crippen LogP contribution in [0, 0.1) is 0 Å². The molecule has 16 N–H and O–H groups in total. The molecule has 0 aliphatic rings. The minimum Gasteiger partial charge on any atom is -0.400 e. The molecule has 0 bridgehead atoms. The molecule has 0 aliphatic heterocycles. The molecule has 0 radical (unpaired) electrons. The highest BCUT2D eigenvalue weighted by atomic mass is 19.1. The van der Waals surface area contributed by atoms with Crippen molar-refractivity contribution in [1.82, 2.24) is 0 Å². The Hall–Kier alpha value is -0.660. The average molecular weight is 512 g/mol. The van der Waals surface area contributed by atoms with Crippen molar-refractivity contribution in [1.29, 1.82) is 0 Å². The van der Waals surface area contributed by atoms with Gasteiger partial charge in [-0.15, -0.1) is 0 Å². The predicted molar refractivity (Wildman–Crippen MR) is 110 cm³/mol. The number of hydrogen-bond acceptors (Lipinski definition) is 16. The first-order chi connectivity index (χ1) is 14.9. The van der Waals surface area contributed by atoms with E-state index in [1.807, 2.05) is 0 Å². The second-order valence-electron chi connectivity index (χ2n) is 1.24. The number of aliphatic hydroxyl groups excluding tert-OH is 8. The maximum atomic E-state index is 10.1. The predicted octanol–water partition coefficient (Wildman–Crippen LogP) is -7.43. The zero-order valence-electron chi connectivity index (χ0n) is 19.0. The molecule has 16 nitrogen and oxygen atoms in total. The number of rotatable bonds is 0. The molecule has 0 rings (SSSR count). The summed E-state index contributed by atoms with van der Waals surface area (Å²) >= 11 is 0. The maximum absolute atomic E-state index is 10.1. The van der Waals surface area contributed by atoms with Crippen LogP contribution in [-0.4, -0.2) is 168 Å². The summed E-state index contributed by atoms with van der Waals surface area (Å²) in [5, 5.41) is 112. The molecule has 24 heteroatoms. The Bertz CT molecular complexity index is 99.0. The van der Waals surface area contributed by atoms with Crippen molar-refractivity contribution in [2.45, 2.75) is 0 Å². The average Bonchev–Trinajstić information content (AvgIpc) is 2.77. The van der Waals surface area contributed by atoms with Gasteiger partial charge in [0.25, 0.3) is 0 Å². The van der Waals surface area contributed by atoms with Gasteiger partial charge in [0.15, 0.2) is 0 Å². The first-order valence-electron chi connectivity index (χ1n) is 6.52. The van der Waals surface area contributed by atoms with Crippen molar-refractivity contribution in [3.05, 3.63) is 0 Å². The van der Waals surface area contributed by atoms with Crippen LogP contribution >= 0.6 is 0 Å². The van der Waals surface area contributed by atoms with Crippen LogP contribution in [0.15, 0.2) is 0 Å². The van der Waals surface area contributed by atoms with E-state index in [0.29, 0.717) is 0 Å². The summed E-state index contributed by atoms with van der Waals surface area (Å²) in [6.07, 6.45) is 0. The first kappa shape index (κ1) is 77.1. The molecule has 0 fully saturated rings. The van der Waals surface area contributed by atoms with Crippen molar-refractivity contribution in [2.24, 2.45) is 0 Å². The van der Waals surface area contributed by atoms with Gasteiger partial charge in [-0.05, 0) is 0 Å². The quantitative estimate of drug-likeness (QED) is 0.106. The summed E-state index contributed by atoms with van der Waals surface area (Å²) in [6, 6.07) is 0. The summed E-state index contributed by atoms with van der Waals surface area (Å²) in [5.74, 6) is 0. The number of halogens is 4. The Morgan fingerprint density at radius 2 is 0.250 bits per heavy atom. The second kappa shape index (κ2) is 203. The van der Waals surface area contributed by atoms with E-state index in [4.69, 9.17) is 81.0 Å². The van der Waals surface area contributed by atoms with Gasteiger partial charge in [-0.1, -0.05) is 0 Å². The largest absolute Gasteiger partial charge is 0.674 e. The smallest absolute Gasteiger partial charge is 0.400 e. The third-order valence-electron chi connectivity index (χ3n) is 0. The highest BCUT2D eigenvalue weighted by molar-refractivity contribution is 6.32. The lowest BCUT2D eigenvalue weighted by atomic mass is 10.3. The molecule has 0 saturated carbocycles. The Labute approximate surface area is 185 Å². The van der Waals surface area contributed by atoms with Gasteiger partial charge >= 0.3 is 29.6 Å². The van der Waals surface area contributed by atoms with Gasteiger partial charge in [-0.25, -0.2) is 0 Å². The minimum atomic E-state index is -2.67. The molecule has 32 heavy (non-hydrogen) atoms. The number of hydrogen-bond donors (Lipinski definition) is 16. The lowest BCUT2D eigenvalue weighted by Gasteiger charge is -1.65. The fraction of sp³-hybridized carbons (Fsp3) is 1.00. The lowest BCUT2D eigenvalue weighted by Crippen LogP contribution is -1.98. The Balaban J connectivity index is -0.0000000139. The monoisotopic (exact) mass is 512 g/mol. The van der Waals surface area contributed by atoms with E-state index in [-0.39, 0.29) is 0 Å². The highest BCUT2D eigenvalue weighted by Crippen LogP contribution is 1.58. The van der Waals surface area contributed by atoms with Gasteiger partial charge in [0.2, 0.25) is 0 Å². The Kier molecular flexibility index (Phi) is 490. The topological polar surface area (TPSA) is 324 Å². The zero-order valence-corrected chi connectivity index (χ0v) is 19.0. The van der Waals surface area contributed by atoms with E-state index in [2.05, 4.69) is 0 Å². The third-order valence-corrected chi connectivity index (χ3v) is 0. The molecular formula is C8H40B4F4O16. The summed E-state index contributed by atoms with van der Waals surface area (Å²) in [4.78, 5) is 0. The van der Waals surface area contributed by atoms with Gasteiger partial charge in [-0.2, -0.15) is 0 Å². The van der Waals surface area contributed by atoms with Gasteiger partial charge in [-0.3, -0.25) is 17.3 Å². The Morgan fingerprint density at radius 1 is 0.250 bits per heavy atom. The standard InChI is InChI=1S/8CH4O.4BFH2O2/c8*1-2;4*2-1(3)4/h8*2H,1H3;4*3-4H. The second-order valence-corrected chi connectivity index (χ2v) is 1.24. The van der Waals surface area contributed by atoms with Gasteiger partial charge < -0.3 is 81.0 Å². The lowest BCUT2D eigenvalue weighted by molar-refractivity contribution is 0.338. The SMILES string of the molecule is CO.CO.CO.CO.CO.CO.CO.CO.OB(O)F.OB(O)F.OB(O)F.OB(O)F. The third kappa shape index (κ3) is 54100. The minimum absolute atomic E-state index is 1.00. The Morgan fingerprint density at radius 3 is 0.250 bits per heavy atom. The van der Waals surface area contributed by atoms with E-state index >= 15 is 0 Å². The summed E-state index contributed by atoms with van der Waals surface area (Å²) in [5.41, 5.74) is 0. The highest BCUT2D eigenvalue weighted by Gasteiger charge is 1.98. The summed E-state index contributed by atoms with van der Waals surface area (Å²) < 4.78 is 40.4. The van der Waals surface area contributed by atoms with E-state index < -0.39 is 29.6 Å². The number of aliphatic hydroxyl groups is 8. The summed E-state index contributed by atoms with van der Waals surface area (Å²) in [7, 11) is -2.67. The van der Waals surface area contributed by atoms with Crippen molar-refractivity contribution in [2.75, 3.05) is 56.9 Å². The van der Waals surface area contributed by atoms with Crippen LogP contribution in [0.3, 0.4) is 0 Å². The van der Waals surface area contributed by atoms with Crippen LogP contribution in [0.2, 0.25) is 0 Å². The first-order valence-corrected chi connectivity index (χ1v) is 6.52. The zero-order chi connectivity index (χ0) is 30.3. The van der Waals surface area contributed by atoms with E-state index in [1.54, 1.807) is 0 Å². The molecule has 208 valence electrons.